The fraction of sp³-hybridized carbons (Fsp3) is 0.143. The zero-order chi connectivity index (χ0) is 14.1. The van der Waals surface area contributed by atoms with Crippen molar-refractivity contribution in [1.82, 2.24) is 9.78 Å². The fourth-order valence-corrected chi connectivity index (χ4v) is 2.04. The van der Waals surface area contributed by atoms with Crippen molar-refractivity contribution in [2.45, 2.75) is 6.92 Å². The van der Waals surface area contributed by atoms with Crippen molar-refractivity contribution in [2.24, 2.45) is 7.05 Å². The minimum atomic E-state index is -0.321. The maximum atomic E-state index is 11.8. The van der Waals surface area contributed by atoms with E-state index in [0.29, 0.717) is 11.4 Å². The van der Waals surface area contributed by atoms with Crippen molar-refractivity contribution in [3.8, 4) is 0 Å². The van der Waals surface area contributed by atoms with Crippen LogP contribution in [0.25, 0.3) is 10.9 Å². The van der Waals surface area contributed by atoms with Gasteiger partial charge in [0.05, 0.1) is 17.5 Å². The number of fused-ring (bicyclic) bond motifs is 1. The molecule has 2 heterocycles. The summed E-state index contributed by atoms with van der Waals surface area (Å²) >= 11 is 0. The lowest BCUT2D eigenvalue weighted by Crippen LogP contribution is -2.18. The van der Waals surface area contributed by atoms with Crippen molar-refractivity contribution in [3.63, 3.8) is 0 Å². The monoisotopic (exact) mass is 270 g/mol. The van der Waals surface area contributed by atoms with Crippen LogP contribution in [0.15, 0.2) is 41.2 Å². The molecule has 6 nitrogen and oxygen atoms in total. The van der Waals surface area contributed by atoms with E-state index in [0.717, 1.165) is 16.6 Å². The maximum Gasteiger partial charge on any atom is 0.323 e. The summed E-state index contributed by atoms with van der Waals surface area (Å²) in [7, 11) is 1.90. The van der Waals surface area contributed by atoms with E-state index in [9.17, 15) is 4.79 Å². The average molecular weight is 270 g/mol. The molecule has 6 heteroatoms. The number of furan rings is 1. The van der Waals surface area contributed by atoms with Gasteiger partial charge in [-0.25, -0.2) is 4.79 Å². The highest BCUT2D eigenvalue weighted by Crippen LogP contribution is 2.21. The SMILES string of the molecule is Cc1c2ccc(NC(=O)Nc3ccoc3)cc2nn1C. The molecule has 2 N–H and O–H groups in total. The number of amides is 2. The van der Waals surface area contributed by atoms with Crippen LogP contribution in [-0.4, -0.2) is 15.8 Å². The highest BCUT2D eigenvalue weighted by atomic mass is 16.3. The third-order valence-electron chi connectivity index (χ3n) is 3.17. The van der Waals surface area contributed by atoms with E-state index < -0.39 is 0 Å². The number of urea groups is 1. The number of benzene rings is 1. The van der Waals surface area contributed by atoms with Crippen LogP contribution in [0.1, 0.15) is 5.69 Å². The topological polar surface area (TPSA) is 72.1 Å². The second kappa shape index (κ2) is 4.73. The molecule has 3 rings (SSSR count). The molecule has 0 radical (unpaired) electrons. The number of carbonyl (C=O) groups excluding carboxylic acids is 1. The lowest BCUT2D eigenvalue weighted by molar-refractivity contribution is 0.262. The van der Waals surface area contributed by atoms with Gasteiger partial charge in [-0.1, -0.05) is 0 Å². The van der Waals surface area contributed by atoms with Crippen LogP contribution >= 0.6 is 0 Å². The molecule has 0 fully saturated rings. The normalized spacial score (nSPS) is 10.7. The Balaban J connectivity index is 1.79. The Morgan fingerprint density at radius 3 is 2.80 bits per heavy atom. The van der Waals surface area contributed by atoms with Crippen LogP contribution in [0.4, 0.5) is 16.2 Å². The summed E-state index contributed by atoms with van der Waals surface area (Å²) in [5.74, 6) is 0. The average Bonchev–Trinajstić information content (AvgIpc) is 2.99. The number of hydrogen-bond acceptors (Lipinski definition) is 3. The molecule has 20 heavy (non-hydrogen) atoms. The summed E-state index contributed by atoms with van der Waals surface area (Å²) < 4.78 is 6.70. The number of hydrogen-bond donors (Lipinski definition) is 2. The van der Waals surface area contributed by atoms with Gasteiger partial charge in [0.25, 0.3) is 0 Å². The van der Waals surface area contributed by atoms with Gasteiger partial charge in [-0.15, -0.1) is 0 Å². The molecule has 0 aliphatic carbocycles. The van der Waals surface area contributed by atoms with Crippen molar-refractivity contribution in [3.05, 3.63) is 42.5 Å². The van der Waals surface area contributed by atoms with Gasteiger partial charge in [0, 0.05) is 29.9 Å². The predicted molar refractivity (Wildman–Crippen MR) is 76.8 cm³/mol. The number of rotatable bonds is 2. The number of aromatic nitrogens is 2. The molecular weight excluding hydrogens is 256 g/mol. The fourth-order valence-electron chi connectivity index (χ4n) is 2.04. The van der Waals surface area contributed by atoms with Crippen LogP contribution in [0, 0.1) is 6.92 Å². The zero-order valence-corrected chi connectivity index (χ0v) is 11.2. The first-order valence-corrected chi connectivity index (χ1v) is 6.17. The van der Waals surface area contributed by atoms with Crippen LogP contribution in [0.2, 0.25) is 0 Å². The minimum Gasteiger partial charge on any atom is -0.470 e. The molecule has 0 spiro atoms. The Hall–Kier alpha value is -2.76. The van der Waals surface area contributed by atoms with E-state index in [4.69, 9.17) is 4.42 Å². The predicted octanol–water partition coefficient (Wildman–Crippen LogP) is 3.12. The van der Waals surface area contributed by atoms with E-state index >= 15 is 0 Å². The summed E-state index contributed by atoms with van der Waals surface area (Å²) in [5.41, 5.74) is 3.24. The van der Waals surface area contributed by atoms with Gasteiger partial charge in [0.1, 0.15) is 6.26 Å². The van der Waals surface area contributed by atoms with Gasteiger partial charge in [-0.2, -0.15) is 5.10 Å². The van der Waals surface area contributed by atoms with E-state index in [1.165, 1.54) is 12.5 Å². The van der Waals surface area contributed by atoms with Gasteiger partial charge in [0.15, 0.2) is 0 Å². The molecule has 2 amide bonds. The van der Waals surface area contributed by atoms with Gasteiger partial charge < -0.3 is 15.1 Å². The standard InChI is InChI=1S/C14H14N4O2/c1-9-12-4-3-10(7-13(12)17-18(9)2)15-14(19)16-11-5-6-20-8-11/h3-8H,1-2H3,(H2,15,16,19). The number of carbonyl (C=O) groups is 1. The van der Waals surface area contributed by atoms with Crippen molar-refractivity contribution in [1.29, 1.82) is 0 Å². The first-order chi connectivity index (χ1) is 9.63. The van der Waals surface area contributed by atoms with Gasteiger partial charge in [0.2, 0.25) is 0 Å². The first kappa shape index (κ1) is 12.3. The second-order valence-corrected chi connectivity index (χ2v) is 4.53. The largest absolute Gasteiger partial charge is 0.470 e. The Morgan fingerprint density at radius 2 is 2.05 bits per heavy atom. The molecule has 0 aliphatic rings. The van der Waals surface area contributed by atoms with Crippen LogP contribution in [-0.2, 0) is 7.05 Å². The second-order valence-electron chi connectivity index (χ2n) is 4.53. The van der Waals surface area contributed by atoms with Gasteiger partial charge in [-0.05, 0) is 25.1 Å². The van der Waals surface area contributed by atoms with E-state index in [2.05, 4.69) is 15.7 Å². The minimum absolute atomic E-state index is 0.321. The molecule has 0 atom stereocenters. The summed E-state index contributed by atoms with van der Waals surface area (Å²) in [6.07, 6.45) is 2.96. The molecular formula is C14H14N4O2. The van der Waals surface area contributed by atoms with Crippen molar-refractivity contribution in [2.75, 3.05) is 10.6 Å². The zero-order valence-electron chi connectivity index (χ0n) is 11.2. The molecule has 0 unspecified atom stereocenters. The summed E-state index contributed by atoms with van der Waals surface area (Å²) in [6, 6.07) is 7.00. The lowest BCUT2D eigenvalue weighted by atomic mass is 10.2. The summed E-state index contributed by atoms with van der Waals surface area (Å²) in [5, 5.41) is 10.9. The summed E-state index contributed by atoms with van der Waals surface area (Å²) in [6.45, 7) is 2.01. The Bertz CT molecular complexity index is 759. The smallest absolute Gasteiger partial charge is 0.323 e. The molecule has 3 aromatic rings. The van der Waals surface area contributed by atoms with Gasteiger partial charge in [-0.3, -0.25) is 4.68 Å². The van der Waals surface area contributed by atoms with Crippen LogP contribution in [0.3, 0.4) is 0 Å². The van der Waals surface area contributed by atoms with Gasteiger partial charge >= 0.3 is 6.03 Å². The van der Waals surface area contributed by atoms with E-state index in [1.807, 2.05) is 36.9 Å². The van der Waals surface area contributed by atoms with Crippen molar-refractivity contribution < 1.29 is 9.21 Å². The molecule has 0 bridgehead atoms. The number of anilines is 2. The highest BCUT2D eigenvalue weighted by Gasteiger charge is 2.07. The quantitative estimate of drug-likeness (QED) is 0.751. The summed E-state index contributed by atoms with van der Waals surface area (Å²) in [4.78, 5) is 11.8. The number of aryl methyl sites for hydroxylation is 2. The first-order valence-electron chi connectivity index (χ1n) is 6.17. The van der Waals surface area contributed by atoms with Crippen molar-refractivity contribution >= 4 is 28.3 Å². The molecule has 0 saturated carbocycles. The number of nitrogens with one attached hydrogen (secondary N) is 2. The third-order valence-corrected chi connectivity index (χ3v) is 3.17. The van der Waals surface area contributed by atoms with E-state index in [1.54, 1.807) is 6.07 Å². The molecule has 102 valence electrons. The highest BCUT2D eigenvalue weighted by molar-refractivity contribution is 6.00. The maximum absolute atomic E-state index is 11.8. The van der Waals surface area contributed by atoms with E-state index in [-0.39, 0.29) is 6.03 Å². The Morgan fingerprint density at radius 1 is 1.25 bits per heavy atom. The Kier molecular flexibility index (Phi) is 2.90. The molecule has 0 saturated heterocycles. The molecule has 1 aromatic carbocycles. The van der Waals surface area contributed by atoms with Crippen LogP contribution < -0.4 is 10.6 Å². The Labute approximate surface area is 115 Å². The number of nitrogens with zero attached hydrogens (tertiary/aromatic N) is 2. The third kappa shape index (κ3) is 2.23. The molecule has 0 aliphatic heterocycles. The lowest BCUT2D eigenvalue weighted by Gasteiger charge is -2.05. The molecule has 2 aromatic heterocycles. The van der Waals surface area contributed by atoms with Crippen LogP contribution in [0.5, 0.6) is 0 Å².